The van der Waals surface area contributed by atoms with Gasteiger partial charge in [-0.05, 0) is 36.4 Å². The molecule has 0 radical (unpaired) electrons. The topological polar surface area (TPSA) is 68.3 Å². The molecule has 0 aliphatic rings. The quantitative estimate of drug-likeness (QED) is 0.579. The lowest BCUT2D eigenvalue weighted by Gasteiger charge is -2.07. The van der Waals surface area contributed by atoms with Gasteiger partial charge in [0.25, 0.3) is 0 Å². The summed E-state index contributed by atoms with van der Waals surface area (Å²) in [6, 6.07) is 10.1. The van der Waals surface area contributed by atoms with Gasteiger partial charge in [0, 0.05) is 29.6 Å². The normalized spacial score (nSPS) is 11.3. The van der Waals surface area contributed by atoms with Gasteiger partial charge < -0.3 is 4.74 Å². The summed E-state index contributed by atoms with van der Waals surface area (Å²) in [5.74, 6) is 1.30. The van der Waals surface area contributed by atoms with Crippen molar-refractivity contribution in [1.82, 2.24) is 9.71 Å². The van der Waals surface area contributed by atoms with Crippen molar-refractivity contribution in [3.63, 3.8) is 0 Å². The Kier molecular flexibility index (Phi) is 6.56. The third-order valence-electron chi connectivity index (χ3n) is 2.65. The molecular formula is C14H16N2O3S3. The Balaban J connectivity index is 1.77. The molecule has 5 nitrogen and oxygen atoms in total. The Morgan fingerprint density at radius 2 is 1.82 bits per heavy atom. The fraction of sp³-hybridized carbons (Fsp3) is 0.214. The molecule has 2 rings (SSSR count). The van der Waals surface area contributed by atoms with Crippen LogP contribution in [-0.2, 0) is 10.0 Å². The number of hydrogen-bond acceptors (Lipinski definition) is 6. The van der Waals surface area contributed by atoms with Gasteiger partial charge >= 0.3 is 0 Å². The zero-order chi connectivity index (χ0) is 15.8. The van der Waals surface area contributed by atoms with E-state index in [9.17, 15) is 8.42 Å². The first-order valence-electron chi connectivity index (χ1n) is 6.45. The molecule has 1 aromatic heterocycles. The predicted molar refractivity (Wildman–Crippen MR) is 90.7 cm³/mol. The first-order valence-corrected chi connectivity index (χ1v) is 10.3. The smallest absolute Gasteiger partial charge is 0.240 e. The molecule has 0 aliphatic carbocycles. The number of pyridine rings is 1. The molecule has 0 bridgehead atoms. The average Bonchev–Trinajstić information content (AvgIpc) is 2.55. The van der Waals surface area contributed by atoms with E-state index in [1.54, 1.807) is 53.2 Å². The molecule has 8 heteroatoms. The van der Waals surface area contributed by atoms with Gasteiger partial charge in [-0.1, -0.05) is 21.6 Å². The van der Waals surface area contributed by atoms with Crippen LogP contribution in [0.2, 0.25) is 0 Å². The first kappa shape index (κ1) is 17.1. The minimum Gasteiger partial charge on any atom is -0.497 e. The molecule has 0 spiro atoms. The van der Waals surface area contributed by atoms with Crippen molar-refractivity contribution < 1.29 is 13.2 Å². The number of nitrogens with one attached hydrogen (secondary N) is 1. The van der Waals surface area contributed by atoms with Crippen LogP contribution in [0.5, 0.6) is 5.75 Å². The molecule has 0 fully saturated rings. The Labute approximate surface area is 138 Å². The van der Waals surface area contributed by atoms with Gasteiger partial charge in [-0.2, -0.15) is 0 Å². The predicted octanol–water partition coefficient (Wildman–Crippen LogP) is 2.81. The first-order chi connectivity index (χ1) is 10.6. The number of nitrogens with zero attached hydrogens (tertiary/aromatic N) is 1. The van der Waals surface area contributed by atoms with Gasteiger partial charge in [0.05, 0.1) is 12.0 Å². The maximum Gasteiger partial charge on any atom is 0.240 e. The van der Waals surface area contributed by atoms with Crippen LogP contribution in [0.3, 0.4) is 0 Å². The third-order valence-corrected chi connectivity index (χ3v) is 6.51. The zero-order valence-corrected chi connectivity index (χ0v) is 14.4. The van der Waals surface area contributed by atoms with Crippen molar-refractivity contribution in [3.05, 3.63) is 48.8 Å². The molecule has 22 heavy (non-hydrogen) atoms. The third kappa shape index (κ3) is 5.20. The van der Waals surface area contributed by atoms with Crippen molar-refractivity contribution in [2.24, 2.45) is 0 Å². The molecule has 0 aliphatic heterocycles. The lowest BCUT2D eigenvalue weighted by atomic mass is 10.3. The summed E-state index contributed by atoms with van der Waals surface area (Å²) < 4.78 is 31.8. The van der Waals surface area contributed by atoms with Crippen molar-refractivity contribution in [1.29, 1.82) is 0 Å². The number of hydrogen-bond donors (Lipinski definition) is 1. The van der Waals surface area contributed by atoms with Crippen LogP contribution >= 0.6 is 21.6 Å². The minimum absolute atomic E-state index is 0.236. The second-order valence-corrected chi connectivity index (χ2v) is 8.42. The number of sulfonamides is 1. The molecule has 0 atom stereocenters. The highest BCUT2D eigenvalue weighted by Crippen LogP contribution is 2.29. The number of rotatable bonds is 8. The molecule has 1 heterocycles. The average molecular weight is 356 g/mol. The van der Waals surface area contributed by atoms with Crippen LogP contribution in [0.25, 0.3) is 0 Å². The maximum absolute atomic E-state index is 12.1. The Morgan fingerprint density at radius 3 is 2.45 bits per heavy atom. The summed E-state index contributed by atoms with van der Waals surface area (Å²) in [5.41, 5.74) is 0. The highest BCUT2D eigenvalue weighted by Gasteiger charge is 2.13. The van der Waals surface area contributed by atoms with E-state index in [0.29, 0.717) is 18.0 Å². The molecule has 118 valence electrons. The molecule has 0 amide bonds. The fourth-order valence-corrected chi connectivity index (χ4v) is 4.60. The summed E-state index contributed by atoms with van der Waals surface area (Å²) in [4.78, 5) is 5.28. The monoisotopic (exact) mass is 356 g/mol. The number of ether oxygens (including phenoxy) is 1. The highest BCUT2D eigenvalue weighted by molar-refractivity contribution is 8.76. The van der Waals surface area contributed by atoms with E-state index in [-0.39, 0.29) is 4.90 Å². The Bertz CT molecular complexity index is 676. The van der Waals surface area contributed by atoms with Crippen LogP contribution in [0.15, 0.2) is 58.6 Å². The van der Waals surface area contributed by atoms with E-state index in [4.69, 9.17) is 4.74 Å². The second-order valence-electron chi connectivity index (χ2n) is 4.16. The molecule has 1 N–H and O–H groups in total. The largest absolute Gasteiger partial charge is 0.497 e. The second kappa shape index (κ2) is 8.42. The van der Waals surface area contributed by atoms with Crippen molar-refractivity contribution >= 4 is 31.6 Å². The van der Waals surface area contributed by atoms with Crippen LogP contribution < -0.4 is 9.46 Å². The van der Waals surface area contributed by atoms with Gasteiger partial charge in [0.2, 0.25) is 10.0 Å². The number of aromatic nitrogens is 1. The molecular weight excluding hydrogens is 340 g/mol. The molecule has 0 saturated carbocycles. The van der Waals surface area contributed by atoms with E-state index in [0.717, 1.165) is 4.90 Å². The molecule has 2 aromatic rings. The Hall–Kier alpha value is -1.22. The maximum atomic E-state index is 12.1. The van der Waals surface area contributed by atoms with Crippen LogP contribution in [0.4, 0.5) is 0 Å². The fourth-order valence-electron chi connectivity index (χ4n) is 1.56. The molecule has 1 aromatic carbocycles. The van der Waals surface area contributed by atoms with E-state index in [1.165, 1.54) is 12.1 Å². The minimum atomic E-state index is -3.47. The van der Waals surface area contributed by atoms with E-state index >= 15 is 0 Å². The van der Waals surface area contributed by atoms with E-state index in [1.807, 2.05) is 12.1 Å². The van der Waals surface area contributed by atoms with Crippen molar-refractivity contribution in [2.75, 3.05) is 19.4 Å². The van der Waals surface area contributed by atoms with Crippen LogP contribution in [0, 0.1) is 0 Å². The standard InChI is InChI=1S/C14H16N2O3S3/c1-19-12-2-4-14(5-3-12)22(17,18)16-10-11-20-21-13-6-8-15-9-7-13/h2-9,16H,10-11H2,1H3. The Morgan fingerprint density at radius 1 is 1.14 bits per heavy atom. The number of benzene rings is 1. The summed E-state index contributed by atoms with van der Waals surface area (Å²) in [5, 5.41) is 0. The van der Waals surface area contributed by atoms with Crippen molar-refractivity contribution in [2.45, 2.75) is 9.79 Å². The summed E-state index contributed by atoms with van der Waals surface area (Å²) in [7, 11) is 1.26. The van der Waals surface area contributed by atoms with Gasteiger partial charge in [-0.3, -0.25) is 4.98 Å². The summed E-state index contributed by atoms with van der Waals surface area (Å²) >= 11 is 0. The lowest BCUT2D eigenvalue weighted by Crippen LogP contribution is -2.25. The SMILES string of the molecule is COc1ccc(S(=O)(=O)NCCSSc2ccncc2)cc1. The van der Waals surface area contributed by atoms with Gasteiger partial charge in [0.1, 0.15) is 5.75 Å². The van der Waals surface area contributed by atoms with E-state index < -0.39 is 10.0 Å². The zero-order valence-electron chi connectivity index (χ0n) is 11.9. The van der Waals surface area contributed by atoms with Gasteiger partial charge in [0.15, 0.2) is 0 Å². The summed E-state index contributed by atoms with van der Waals surface area (Å²) in [6.45, 7) is 0.372. The summed E-state index contributed by atoms with van der Waals surface area (Å²) in [6.07, 6.45) is 3.46. The molecule has 0 unspecified atom stereocenters. The van der Waals surface area contributed by atoms with Crippen molar-refractivity contribution in [3.8, 4) is 5.75 Å². The molecule has 0 saturated heterocycles. The van der Waals surface area contributed by atoms with Gasteiger partial charge in [-0.25, -0.2) is 13.1 Å². The lowest BCUT2D eigenvalue weighted by molar-refractivity contribution is 0.414. The highest BCUT2D eigenvalue weighted by atomic mass is 33.1. The van der Waals surface area contributed by atoms with E-state index in [2.05, 4.69) is 9.71 Å². The van der Waals surface area contributed by atoms with Gasteiger partial charge in [-0.15, -0.1) is 0 Å². The van der Waals surface area contributed by atoms with Crippen LogP contribution in [-0.4, -0.2) is 32.8 Å². The van der Waals surface area contributed by atoms with Crippen LogP contribution in [0.1, 0.15) is 0 Å². The number of methoxy groups -OCH3 is 1.